The summed E-state index contributed by atoms with van der Waals surface area (Å²) in [5, 5.41) is 7.13. The van der Waals surface area contributed by atoms with E-state index in [2.05, 4.69) is 31.4 Å². The van der Waals surface area contributed by atoms with Gasteiger partial charge in [-0.3, -0.25) is 4.98 Å². The first-order valence-electron chi connectivity index (χ1n) is 4.51. The Kier molecular flexibility index (Phi) is 3.01. The molecule has 0 aliphatic carbocycles. The summed E-state index contributed by atoms with van der Waals surface area (Å²) in [6, 6.07) is 3.80. The highest BCUT2D eigenvalue weighted by atomic mass is 79.9. The molecule has 0 atom stereocenters. The number of hydrogen-bond acceptors (Lipinski definition) is 4. The molecule has 78 valence electrons. The fourth-order valence-electron chi connectivity index (χ4n) is 1.21. The van der Waals surface area contributed by atoms with Gasteiger partial charge in [-0.15, -0.1) is 0 Å². The summed E-state index contributed by atoms with van der Waals surface area (Å²) in [7, 11) is 0. The van der Waals surface area contributed by atoms with Crippen LogP contribution in [-0.2, 0) is 6.54 Å². The molecule has 0 aromatic carbocycles. The van der Waals surface area contributed by atoms with Crippen molar-refractivity contribution in [2.45, 2.75) is 13.5 Å². The highest BCUT2D eigenvalue weighted by molar-refractivity contribution is 9.10. The fourth-order valence-corrected chi connectivity index (χ4v) is 1.60. The molecule has 0 saturated carbocycles. The third kappa shape index (κ3) is 2.56. The van der Waals surface area contributed by atoms with Crippen LogP contribution in [0, 0.1) is 6.92 Å². The maximum Gasteiger partial charge on any atom is 0.133 e. The highest BCUT2D eigenvalue weighted by Crippen LogP contribution is 2.20. The van der Waals surface area contributed by atoms with Crippen molar-refractivity contribution in [1.29, 1.82) is 0 Å². The van der Waals surface area contributed by atoms with Crippen molar-refractivity contribution in [3.8, 4) is 0 Å². The lowest BCUT2D eigenvalue weighted by molar-refractivity contribution is 0.391. The van der Waals surface area contributed by atoms with E-state index < -0.39 is 0 Å². The molecular formula is C10H10BrN3O. The minimum absolute atomic E-state index is 0.639. The molecule has 0 amide bonds. The Morgan fingerprint density at radius 2 is 2.40 bits per heavy atom. The van der Waals surface area contributed by atoms with Crippen LogP contribution >= 0.6 is 15.9 Å². The van der Waals surface area contributed by atoms with Crippen LogP contribution in [0.25, 0.3) is 0 Å². The van der Waals surface area contributed by atoms with E-state index in [0.29, 0.717) is 6.54 Å². The molecule has 0 aliphatic heterocycles. The molecule has 2 heterocycles. The Labute approximate surface area is 95.8 Å². The number of anilines is 1. The van der Waals surface area contributed by atoms with Crippen molar-refractivity contribution in [2.75, 3.05) is 5.32 Å². The Hall–Kier alpha value is -1.36. The molecule has 0 bridgehead atoms. The summed E-state index contributed by atoms with van der Waals surface area (Å²) in [6.45, 7) is 2.51. The number of pyridine rings is 1. The minimum Gasteiger partial charge on any atom is -0.378 e. The molecule has 4 nitrogen and oxygen atoms in total. The van der Waals surface area contributed by atoms with Crippen molar-refractivity contribution >= 4 is 21.6 Å². The van der Waals surface area contributed by atoms with E-state index in [1.54, 1.807) is 12.4 Å². The van der Waals surface area contributed by atoms with Gasteiger partial charge in [-0.25, -0.2) is 0 Å². The topological polar surface area (TPSA) is 51.0 Å². The summed E-state index contributed by atoms with van der Waals surface area (Å²) in [5.74, 6) is 0.820. The number of nitrogens with one attached hydrogen (secondary N) is 1. The second-order valence-corrected chi connectivity index (χ2v) is 3.99. The summed E-state index contributed by atoms with van der Waals surface area (Å²) in [4.78, 5) is 3.98. The van der Waals surface area contributed by atoms with Crippen molar-refractivity contribution in [2.24, 2.45) is 0 Å². The number of aryl methyl sites for hydroxylation is 1. The zero-order valence-electron chi connectivity index (χ0n) is 8.20. The van der Waals surface area contributed by atoms with Crippen LogP contribution in [0.15, 0.2) is 33.5 Å². The first-order valence-corrected chi connectivity index (χ1v) is 5.30. The Balaban J connectivity index is 2.02. The zero-order valence-corrected chi connectivity index (χ0v) is 9.78. The van der Waals surface area contributed by atoms with Crippen LogP contribution in [0.4, 0.5) is 5.69 Å². The molecule has 0 radical (unpaired) electrons. The monoisotopic (exact) mass is 267 g/mol. The van der Waals surface area contributed by atoms with Crippen LogP contribution < -0.4 is 5.32 Å². The van der Waals surface area contributed by atoms with E-state index >= 15 is 0 Å². The van der Waals surface area contributed by atoms with Gasteiger partial charge >= 0.3 is 0 Å². The van der Waals surface area contributed by atoms with Gasteiger partial charge in [0, 0.05) is 18.5 Å². The van der Waals surface area contributed by atoms with E-state index in [9.17, 15) is 0 Å². The van der Waals surface area contributed by atoms with Gasteiger partial charge in [-0.2, -0.15) is 0 Å². The van der Waals surface area contributed by atoms with Crippen LogP contribution in [0.1, 0.15) is 11.5 Å². The maximum absolute atomic E-state index is 4.97. The smallest absolute Gasteiger partial charge is 0.133 e. The second kappa shape index (κ2) is 4.44. The lowest BCUT2D eigenvalue weighted by Gasteiger charge is -2.04. The molecule has 2 aromatic heterocycles. The predicted octanol–water partition coefficient (Wildman–Crippen LogP) is 2.75. The van der Waals surface area contributed by atoms with E-state index in [-0.39, 0.29) is 0 Å². The molecule has 0 spiro atoms. The largest absolute Gasteiger partial charge is 0.378 e. The van der Waals surface area contributed by atoms with Crippen molar-refractivity contribution in [3.63, 3.8) is 0 Å². The molecule has 15 heavy (non-hydrogen) atoms. The molecule has 2 rings (SSSR count). The third-order valence-corrected chi connectivity index (χ3v) is 2.54. The molecule has 1 N–H and O–H groups in total. The third-order valence-electron chi connectivity index (χ3n) is 1.91. The van der Waals surface area contributed by atoms with E-state index in [1.807, 2.05) is 19.1 Å². The summed E-state index contributed by atoms with van der Waals surface area (Å²) < 4.78 is 5.90. The Morgan fingerprint density at radius 1 is 1.53 bits per heavy atom. The number of aromatic nitrogens is 2. The molecule has 2 aromatic rings. The minimum atomic E-state index is 0.639. The average Bonchev–Trinajstić information content (AvgIpc) is 2.63. The van der Waals surface area contributed by atoms with E-state index in [1.165, 1.54) is 0 Å². The van der Waals surface area contributed by atoms with Gasteiger partial charge in [0.05, 0.1) is 16.7 Å². The van der Waals surface area contributed by atoms with Gasteiger partial charge in [-0.05, 0) is 28.9 Å². The zero-order chi connectivity index (χ0) is 10.7. The number of halogens is 1. The summed E-state index contributed by atoms with van der Waals surface area (Å²) >= 11 is 3.41. The second-order valence-electron chi connectivity index (χ2n) is 3.14. The van der Waals surface area contributed by atoms with Crippen LogP contribution in [-0.4, -0.2) is 10.1 Å². The van der Waals surface area contributed by atoms with Gasteiger partial charge in [0.15, 0.2) is 0 Å². The number of nitrogens with zero attached hydrogens (tertiary/aromatic N) is 2. The van der Waals surface area contributed by atoms with Gasteiger partial charge in [0.25, 0.3) is 0 Å². The number of rotatable bonds is 3. The first-order chi connectivity index (χ1) is 7.25. The van der Waals surface area contributed by atoms with Crippen LogP contribution in [0.5, 0.6) is 0 Å². The normalized spacial score (nSPS) is 10.3. The highest BCUT2D eigenvalue weighted by Gasteiger charge is 2.01. The fraction of sp³-hybridized carbons (Fsp3) is 0.200. The molecule has 0 saturated heterocycles. The molecule has 0 aliphatic rings. The Bertz CT molecular complexity index is 455. The van der Waals surface area contributed by atoms with E-state index in [4.69, 9.17) is 4.52 Å². The quantitative estimate of drug-likeness (QED) is 0.929. The van der Waals surface area contributed by atoms with Gasteiger partial charge in [-0.1, -0.05) is 5.16 Å². The molecule has 0 fully saturated rings. The van der Waals surface area contributed by atoms with Crippen LogP contribution in [0.2, 0.25) is 0 Å². The first kappa shape index (κ1) is 10.2. The predicted molar refractivity (Wildman–Crippen MR) is 60.5 cm³/mol. The van der Waals surface area contributed by atoms with Crippen LogP contribution in [0.3, 0.4) is 0 Å². The lowest BCUT2D eigenvalue weighted by Crippen LogP contribution is -2.00. The standard InChI is InChI=1S/C10H10BrN3O/c1-7-4-8(14-15-7)5-13-10-2-3-12-6-9(10)11/h2-4,6H,5H2,1H3,(H,12,13). The van der Waals surface area contributed by atoms with Gasteiger partial charge < -0.3 is 9.84 Å². The SMILES string of the molecule is Cc1cc(CNc2ccncc2Br)no1. The molecule has 5 heteroatoms. The van der Waals surface area contributed by atoms with Crippen molar-refractivity contribution in [1.82, 2.24) is 10.1 Å². The van der Waals surface area contributed by atoms with Gasteiger partial charge in [0.2, 0.25) is 0 Å². The summed E-state index contributed by atoms with van der Waals surface area (Å²) in [6.07, 6.45) is 3.48. The Morgan fingerprint density at radius 3 is 3.07 bits per heavy atom. The molecular weight excluding hydrogens is 258 g/mol. The summed E-state index contributed by atoms with van der Waals surface area (Å²) in [5.41, 5.74) is 1.88. The van der Waals surface area contributed by atoms with Gasteiger partial charge in [0.1, 0.15) is 11.5 Å². The van der Waals surface area contributed by atoms with Crippen molar-refractivity contribution < 1.29 is 4.52 Å². The van der Waals surface area contributed by atoms with E-state index in [0.717, 1.165) is 21.6 Å². The lowest BCUT2D eigenvalue weighted by atomic mass is 10.3. The average molecular weight is 268 g/mol. The molecule has 0 unspecified atom stereocenters. The van der Waals surface area contributed by atoms with Crippen molar-refractivity contribution in [3.05, 3.63) is 40.5 Å². The number of hydrogen-bond donors (Lipinski definition) is 1. The maximum atomic E-state index is 4.97.